The Morgan fingerprint density at radius 2 is 2.00 bits per heavy atom. The summed E-state index contributed by atoms with van der Waals surface area (Å²) in [5.41, 5.74) is 0.828. The predicted molar refractivity (Wildman–Crippen MR) is 109 cm³/mol. The molecule has 0 saturated heterocycles. The SMILES string of the molecule is CC1(C)Cc2cccc(OCC(=O)NCC#CCOc3ccc4c(c3)OCO4)c2O1. The highest BCUT2D eigenvalue weighted by Crippen LogP contribution is 2.41. The van der Waals surface area contributed by atoms with Crippen LogP contribution in [0.1, 0.15) is 19.4 Å². The Hall–Kier alpha value is -3.53. The molecule has 156 valence electrons. The van der Waals surface area contributed by atoms with Crippen molar-refractivity contribution in [3.63, 3.8) is 0 Å². The van der Waals surface area contributed by atoms with Crippen LogP contribution in [0.3, 0.4) is 0 Å². The fourth-order valence-corrected chi connectivity index (χ4v) is 3.24. The first-order valence-electron chi connectivity index (χ1n) is 9.69. The summed E-state index contributed by atoms with van der Waals surface area (Å²) < 4.78 is 27.7. The summed E-state index contributed by atoms with van der Waals surface area (Å²) in [6.45, 7) is 4.59. The van der Waals surface area contributed by atoms with Crippen LogP contribution < -0.4 is 29.0 Å². The number of amides is 1. The zero-order valence-electron chi connectivity index (χ0n) is 16.9. The third kappa shape index (κ3) is 4.71. The van der Waals surface area contributed by atoms with E-state index in [1.165, 1.54) is 0 Å². The number of carbonyl (C=O) groups is 1. The Bertz CT molecular complexity index is 1000. The summed E-state index contributed by atoms with van der Waals surface area (Å²) in [5, 5.41) is 2.70. The Morgan fingerprint density at radius 3 is 2.90 bits per heavy atom. The lowest BCUT2D eigenvalue weighted by Gasteiger charge is -2.18. The Labute approximate surface area is 175 Å². The molecule has 2 aliphatic heterocycles. The maximum atomic E-state index is 12.0. The molecule has 0 saturated carbocycles. The standard InChI is InChI=1S/C23H23NO6/c1-23(2)13-16-6-5-7-19(22(16)30-23)27-14-21(25)24-10-3-4-11-26-17-8-9-18-20(12-17)29-15-28-18/h5-9,12H,10-11,13-15H2,1-2H3,(H,24,25). The highest BCUT2D eigenvalue weighted by Gasteiger charge is 2.32. The maximum Gasteiger partial charge on any atom is 0.258 e. The van der Waals surface area contributed by atoms with Crippen LogP contribution in [-0.4, -0.2) is 38.1 Å². The number of para-hydroxylation sites is 1. The predicted octanol–water partition coefficient (Wildman–Crippen LogP) is 2.71. The van der Waals surface area contributed by atoms with Gasteiger partial charge in [-0.3, -0.25) is 4.79 Å². The van der Waals surface area contributed by atoms with Crippen LogP contribution in [0.2, 0.25) is 0 Å². The topological polar surface area (TPSA) is 75.3 Å². The lowest BCUT2D eigenvalue weighted by atomic mass is 10.0. The first-order valence-corrected chi connectivity index (χ1v) is 9.69. The Morgan fingerprint density at radius 1 is 1.13 bits per heavy atom. The van der Waals surface area contributed by atoms with Gasteiger partial charge in [0.15, 0.2) is 29.6 Å². The molecule has 0 radical (unpaired) electrons. The lowest BCUT2D eigenvalue weighted by Crippen LogP contribution is -2.29. The summed E-state index contributed by atoms with van der Waals surface area (Å²) in [6, 6.07) is 11.1. The summed E-state index contributed by atoms with van der Waals surface area (Å²) in [5.74, 6) is 8.75. The van der Waals surface area contributed by atoms with Gasteiger partial charge in [0, 0.05) is 18.1 Å². The van der Waals surface area contributed by atoms with E-state index in [2.05, 4.69) is 17.2 Å². The summed E-state index contributed by atoms with van der Waals surface area (Å²) in [4.78, 5) is 12.0. The third-order valence-electron chi connectivity index (χ3n) is 4.57. The maximum absolute atomic E-state index is 12.0. The molecule has 0 aliphatic carbocycles. The number of benzene rings is 2. The molecule has 0 atom stereocenters. The van der Waals surface area contributed by atoms with Crippen molar-refractivity contribution >= 4 is 5.91 Å². The van der Waals surface area contributed by atoms with Crippen LogP contribution in [0.25, 0.3) is 0 Å². The minimum atomic E-state index is -0.262. The number of hydrogen-bond acceptors (Lipinski definition) is 6. The van der Waals surface area contributed by atoms with E-state index in [1.807, 2.05) is 26.0 Å². The molecule has 7 nitrogen and oxygen atoms in total. The van der Waals surface area contributed by atoms with Crippen molar-refractivity contribution in [1.29, 1.82) is 0 Å². The van der Waals surface area contributed by atoms with Gasteiger partial charge in [-0.05, 0) is 32.0 Å². The fourth-order valence-electron chi connectivity index (χ4n) is 3.24. The van der Waals surface area contributed by atoms with Crippen molar-refractivity contribution in [2.24, 2.45) is 0 Å². The highest BCUT2D eigenvalue weighted by molar-refractivity contribution is 5.77. The number of rotatable bonds is 6. The third-order valence-corrected chi connectivity index (χ3v) is 4.57. The van der Waals surface area contributed by atoms with Gasteiger partial charge in [-0.25, -0.2) is 0 Å². The first kappa shape index (κ1) is 19.8. The normalized spacial score (nSPS) is 14.7. The molecule has 2 heterocycles. The molecular formula is C23H23NO6. The molecule has 30 heavy (non-hydrogen) atoms. The van der Waals surface area contributed by atoms with Crippen molar-refractivity contribution in [1.82, 2.24) is 5.32 Å². The molecule has 0 unspecified atom stereocenters. The van der Waals surface area contributed by atoms with Gasteiger partial charge in [0.05, 0.1) is 6.54 Å². The van der Waals surface area contributed by atoms with Crippen LogP contribution in [0.5, 0.6) is 28.7 Å². The molecule has 0 fully saturated rings. The van der Waals surface area contributed by atoms with E-state index in [1.54, 1.807) is 24.3 Å². The van der Waals surface area contributed by atoms with Gasteiger partial charge < -0.3 is 29.0 Å². The van der Waals surface area contributed by atoms with E-state index in [-0.39, 0.29) is 38.1 Å². The molecule has 0 spiro atoms. The monoisotopic (exact) mass is 409 g/mol. The molecule has 1 amide bonds. The van der Waals surface area contributed by atoms with Gasteiger partial charge in [-0.1, -0.05) is 24.0 Å². The van der Waals surface area contributed by atoms with Crippen molar-refractivity contribution in [3.05, 3.63) is 42.0 Å². The summed E-state index contributed by atoms with van der Waals surface area (Å²) in [6.07, 6.45) is 0.815. The molecular weight excluding hydrogens is 386 g/mol. The van der Waals surface area contributed by atoms with Gasteiger partial charge in [0.1, 0.15) is 18.0 Å². The quantitative estimate of drug-likeness (QED) is 0.740. The van der Waals surface area contributed by atoms with Gasteiger partial charge in [-0.2, -0.15) is 0 Å². The van der Waals surface area contributed by atoms with Gasteiger partial charge >= 0.3 is 0 Å². The van der Waals surface area contributed by atoms with Crippen molar-refractivity contribution in [2.75, 3.05) is 26.6 Å². The van der Waals surface area contributed by atoms with Crippen molar-refractivity contribution in [3.8, 4) is 40.6 Å². The van der Waals surface area contributed by atoms with E-state index in [9.17, 15) is 4.79 Å². The Balaban J connectivity index is 1.18. The van der Waals surface area contributed by atoms with E-state index in [4.69, 9.17) is 23.7 Å². The molecule has 4 rings (SSSR count). The number of hydrogen-bond donors (Lipinski definition) is 1. The zero-order chi connectivity index (χ0) is 21.0. The van der Waals surface area contributed by atoms with Crippen LogP contribution in [0, 0.1) is 11.8 Å². The minimum absolute atomic E-state index is 0.102. The lowest BCUT2D eigenvalue weighted by molar-refractivity contribution is -0.122. The van der Waals surface area contributed by atoms with Crippen LogP contribution in [-0.2, 0) is 11.2 Å². The Kier molecular flexibility index (Phi) is 5.57. The number of fused-ring (bicyclic) bond motifs is 2. The summed E-state index contributed by atoms with van der Waals surface area (Å²) >= 11 is 0. The van der Waals surface area contributed by atoms with Gasteiger partial charge in [0.25, 0.3) is 5.91 Å². The average molecular weight is 409 g/mol. The van der Waals surface area contributed by atoms with Crippen molar-refractivity contribution in [2.45, 2.75) is 25.9 Å². The number of ether oxygens (including phenoxy) is 5. The van der Waals surface area contributed by atoms with Crippen LogP contribution in [0.15, 0.2) is 36.4 Å². The number of nitrogens with one attached hydrogen (secondary N) is 1. The van der Waals surface area contributed by atoms with Crippen LogP contribution >= 0.6 is 0 Å². The number of carbonyl (C=O) groups excluding carboxylic acids is 1. The first-order chi connectivity index (χ1) is 14.5. The molecule has 0 bridgehead atoms. The van der Waals surface area contributed by atoms with E-state index >= 15 is 0 Å². The molecule has 1 N–H and O–H groups in total. The second-order valence-electron chi connectivity index (χ2n) is 7.51. The van der Waals surface area contributed by atoms with Crippen LogP contribution in [0.4, 0.5) is 0 Å². The minimum Gasteiger partial charge on any atom is -0.483 e. The van der Waals surface area contributed by atoms with E-state index in [0.717, 1.165) is 17.7 Å². The van der Waals surface area contributed by atoms with Gasteiger partial charge in [0.2, 0.25) is 6.79 Å². The summed E-state index contributed by atoms with van der Waals surface area (Å²) in [7, 11) is 0. The second kappa shape index (κ2) is 8.46. The smallest absolute Gasteiger partial charge is 0.258 e. The molecule has 0 aromatic heterocycles. The molecule has 2 aromatic rings. The zero-order valence-corrected chi connectivity index (χ0v) is 16.9. The average Bonchev–Trinajstić information content (AvgIpc) is 3.30. The van der Waals surface area contributed by atoms with E-state index < -0.39 is 0 Å². The molecule has 7 heteroatoms. The second-order valence-corrected chi connectivity index (χ2v) is 7.51. The van der Waals surface area contributed by atoms with Crippen molar-refractivity contribution < 1.29 is 28.5 Å². The highest BCUT2D eigenvalue weighted by atomic mass is 16.7. The molecule has 2 aliphatic rings. The fraction of sp³-hybridized carbons (Fsp3) is 0.348. The largest absolute Gasteiger partial charge is 0.483 e. The van der Waals surface area contributed by atoms with E-state index in [0.29, 0.717) is 23.0 Å². The van der Waals surface area contributed by atoms with Gasteiger partial charge in [-0.15, -0.1) is 0 Å². The molecule has 2 aromatic carbocycles.